The predicted molar refractivity (Wildman–Crippen MR) is 122 cm³/mol. The summed E-state index contributed by atoms with van der Waals surface area (Å²) in [4.78, 5) is 36.5. The van der Waals surface area contributed by atoms with Crippen LogP contribution in [0.4, 0.5) is 5.82 Å². The fourth-order valence-corrected chi connectivity index (χ4v) is 5.34. The predicted octanol–water partition coefficient (Wildman–Crippen LogP) is 2.27. The number of likely N-dealkylation sites (tertiary alicyclic amines) is 1. The number of anilines is 1. The topological polar surface area (TPSA) is 85.4 Å². The van der Waals surface area contributed by atoms with Gasteiger partial charge in [0.05, 0.1) is 0 Å². The van der Waals surface area contributed by atoms with Crippen LogP contribution in [0.15, 0.2) is 24.4 Å². The van der Waals surface area contributed by atoms with E-state index in [9.17, 15) is 9.59 Å². The van der Waals surface area contributed by atoms with Gasteiger partial charge in [-0.1, -0.05) is 6.07 Å². The van der Waals surface area contributed by atoms with Crippen molar-refractivity contribution in [1.29, 1.82) is 0 Å². The summed E-state index contributed by atoms with van der Waals surface area (Å²) in [6.45, 7) is 4.66. The second-order valence-electron chi connectivity index (χ2n) is 9.24. The number of aryl methyl sites for hydroxylation is 1. The smallest absolute Gasteiger partial charge is 0.274 e. The zero-order valence-electron chi connectivity index (χ0n) is 18.6. The normalized spacial score (nSPS) is 21.0. The first-order valence-electron chi connectivity index (χ1n) is 12.0. The molecule has 0 saturated carbocycles. The van der Waals surface area contributed by atoms with Gasteiger partial charge in [-0.25, -0.2) is 4.98 Å². The molecule has 0 unspecified atom stereocenters. The molecule has 1 aliphatic carbocycles. The van der Waals surface area contributed by atoms with Gasteiger partial charge in [0.15, 0.2) is 5.69 Å². The molecule has 8 heteroatoms. The van der Waals surface area contributed by atoms with Crippen LogP contribution in [-0.4, -0.2) is 76.1 Å². The van der Waals surface area contributed by atoms with Crippen LogP contribution in [0.3, 0.4) is 0 Å². The number of carbonyl (C=O) groups is 2. The first kappa shape index (κ1) is 21.0. The summed E-state index contributed by atoms with van der Waals surface area (Å²) >= 11 is 0. The van der Waals surface area contributed by atoms with E-state index >= 15 is 0 Å². The van der Waals surface area contributed by atoms with Crippen LogP contribution in [-0.2, 0) is 17.6 Å². The molecule has 0 radical (unpaired) electrons. The minimum atomic E-state index is 0.0612. The Morgan fingerprint density at radius 2 is 1.91 bits per heavy atom. The number of aromatic nitrogens is 3. The Bertz CT molecular complexity index is 951. The molecule has 0 spiro atoms. The monoisotopic (exact) mass is 436 g/mol. The summed E-state index contributed by atoms with van der Waals surface area (Å²) in [5.41, 5.74) is 2.88. The minimum absolute atomic E-state index is 0.0612. The fraction of sp³-hybridized carbons (Fsp3) is 0.583. The molecule has 4 heterocycles. The van der Waals surface area contributed by atoms with Crippen LogP contribution >= 0.6 is 0 Å². The highest BCUT2D eigenvalue weighted by Crippen LogP contribution is 2.27. The van der Waals surface area contributed by atoms with Gasteiger partial charge in [0.2, 0.25) is 5.91 Å². The quantitative estimate of drug-likeness (QED) is 0.777. The molecule has 2 fully saturated rings. The van der Waals surface area contributed by atoms with Crippen molar-refractivity contribution in [3.05, 3.63) is 41.3 Å². The van der Waals surface area contributed by atoms with Crippen molar-refractivity contribution in [3.8, 4) is 0 Å². The number of nitrogens with zero attached hydrogens (tertiary/aromatic N) is 5. The van der Waals surface area contributed by atoms with Crippen LogP contribution in [0.25, 0.3) is 0 Å². The van der Waals surface area contributed by atoms with E-state index in [0.717, 1.165) is 94.9 Å². The Balaban J connectivity index is 1.09. The number of piperidine rings is 1. The van der Waals surface area contributed by atoms with Crippen LogP contribution in [0.5, 0.6) is 0 Å². The summed E-state index contributed by atoms with van der Waals surface area (Å²) in [7, 11) is 0. The number of hydrogen-bond donors (Lipinski definition) is 1. The number of piperazine rings is 1. The van der Waals surface area contributed by atoms with Gasteiger partial charge in [-0.3, -0.25) is 14.7 Å². The summed E-state index contributed by atoms with van der Waals surface area (Å²) in [6.07, 6.45) is 8.36. The number of amides is 2. The van der Waals surface area contributed by atoms with Gasteiger partial charge >= 0.3 is 0 Å². The van der Waals surface area contributed by atoms with Crippen molar-refractivity contribution in [2.75, 3.05) is 44.2 Å². The molecule has 8 nitrogen and oxygen atoms in total. The molecule has 32 heavy (non-hydrogen) atoms. The summed E-state index contributed by atoms with van der Waals surface area (Å²) in [5.74, 6) is 1.66. The average molecular weight is 437 g/mol. The van der Waals surface area contributed by atoms with Gasteiger partial charge in [-0.2, -0.15) is 5.10 Å². The second-order valence-corrected chi connectivity index (χ2v) is 9.24. The molecule has 170 valence electrons. The van der Waals surface area contributed by atoms with Gasteiger partial charge in [0.1, 0.15) is 5.82 Å². The molecular weight excluding hydrogens is 404 g/mol. The second kappa shape index (κ2) is 9.30. The van der Waals surface area contributed by atoms with Gasteiger partial charge in [0.25, 0.3) is 5.91 Å². The zero-order chi connectivity index (χ0) is 21.9. The highest BCUT2D eigenvalue weighted by atomic mass is 16.2. The molecule has 2 saturated heterocycles. The molecule has 3 aliphatic rings. The van der Waals surface area contributed by atoms with Crippen LogP contribution in [0, 0.1) is 5.92 Å². The number of nitrogens with one attached hydrogen (secondary N) is 1. The van der Waals surface area contributed by atoms with E-state index in [-0.39, 0.29) is 11.8 Å². The van der Waals surface area contributed by atoms with Crippen molar-refractivity contribution in [1.82, 2.24) is 25.0 Å². The third-order valence-corrected chi connectivity index (χ3v) is 7.19. The van der Waals surface area contributed by atoms with E-state index in [0.29, 0.717) is 18.0 Å². The first-order chi connectivity index (χ1) is 15.7. The lowest BCUT2D eigenvalue weighted by molar-refractivity contribution is -0.131. The Morgan fingerprint density at radius 3 is 2.72 bits per heavy atom. The molecule has 1 atom stereocenters. The Morgan fingerprint density at radius 1 is 1.03 bits per heavy atom. The zero-order valence-corrected chi connectivity index (χ0v) is 18.6. The summed E-state index contributed by atoms with van der Waals surface area (Å²) < 4.78 is 0. The number of carbonyl (C=O) groups excluding carboxylic acids is 2. The SMILES string of the molecule is O=C(CC[C@H]1CCCN(C(=O)c2n[nH]c3c2CCC3)C1)N1CCN(c2ccccn2)CC1. The third-order valence-electron chi connectivity index (χ3n) is 7.19. The minimum Gasteiger partial charge on any atom is -0.353 e. The number of H-pyrrole nitrogens is 1. The molecule has 2 amide bonds. The third kappa shape index (κ3) is 4.36. The van der Waals surface area contributed by atoms with E-state index in [4.69, 9.17) is 0 Å². The lowest BCUT2D eigenvalue weighted by atomic mass is 9.92. The maximum Gasteiger partial charge on any atom is 0.274 e. The van der Waals surface area contributed by atoms with E-state index in [1.54, 1.807) is 0 Å². The maximum atomic E-state index is 13.1. The number of pyridine rings is 1. The van der Waals surface area contributed by atoms with Crippen LogP contribution in [0.1, 0.15) is 53.8 Å². The van der Waals surface area contributed by atoms with Gasteiger partial charge in [-0.15, -0.1) is 0 Å². The van der Waals surface area contributed by atoms with Crippen molar-refractivity contribution >= 4 is 17.6 Å². The molecule has 0 aromatic carbocycles. The van der Waals surface area contributed by atoms with E-state index in [1.807, 2.05) is 34.2 Å². The highest BCUT2D eigenvalue weighted by molar-refractivity contribution is 5.94. The summed E-state index contributed by atoms with van der Waals surface area (Å²) in [6, 6.07) is 5.94. The Labute approximate surface area is 189 Å². The molecule has 2 aromatic heterocycles. The van der Waals surface area contributed by atoms with E-state index in [1.165, 1.54) is 0 Å². The molecule has 1 N–H and O–H groups in total. The number of rotatable bonds is 5. The summed E-state index contributed by atoms with van der Waals surface area (Å²) in [5, 5.41) is 7.37. The van der Waals surface area contributed by atoms with Gasteiger partial charge in [-0.05, 0) is 56.6 Å². The lowest BCUT2D eigenvalue weighted by Gasteiger charge is -2.36. The number of aromatic amines is 1. The van der Waals surface area contributed by atoms with Crippen molar-refractivity contribution < 1.29 is 9.59 Å². The van der Waals surface area contributed by atoms with Crippen molar-refractivity contribution in [2.24, 2.45) is 5.92 Å². The Kier molecular flexibility index (Phi) is 6.10. The van der Waals surface area contributed by atoms with E-state index in [2.05, 4.69) is 20.1 Å². The molecule has 5 rings (SSSR count). The molecule has 2 aromatic rings. The standard InChI is InChI=1S/C24H32N6O2/c31-22(29-15-13-28(14-16-29)21-8-1-2-11-25-21)10-9-18-5-4-12-30(17-18)24(32)23-19-6-3-7-20(19)26-27-23/h1-2,8,11,18H,3-7,9-10,12-17H2,(H,26,27)/t18-/m1/s1. The van der Waals surface area contributed by atoms with Gasteiger partial charge < -0.3 is 14.7 Å². The fourth-order valence-electron chi connectivity index (χ4n) is 5.34. The van der Waals surface area contributed by atoms with Crippen LogP contribution < -0.4 is 4.90 Å². The number of hydrogen-bond acceptors (Lipinski definition) is 5. The molecule has 2 aliphatic heterocycles. The lowest BCUT2D eigenvalue weighted by Crippen LogP contribution is -2.49. The molecular formula is C24H32N6O2. The Hall–Kier alpha value is -2.90. The highest BCUT2D eigenvalue weighted by Gasteiger charge is 2.30. The van der Waals surface area contributed by atoms with E-state index < -0.39 is 0 Å². The van der Waals surface area contributed by atoms with Crippen molar-refractivity contribution in [2.45, 2.75) is 44.9 Å². The molecule has 0 bridgehead atoms. The average Bonchev–Trinajstić information content (AvgIpc) is 3.47. The largest absolute Gasteiger partial charge is 0.353 e. The number of fused-ring (bicyclic) bond motifs is 1. The van der Waals surface area contributed by atoms with Crippen molar-refractivity contribution in [3.63, 3.8) is 0 Å². The first-order valence-corrected chi connectivity index (χ1v) is 12.0. The van der Waals surface area contributed by atoms with Crippen LogP contribution in [0.2, 0.25) is 0 Å². The van der Waals surface area contributed by atoms with Gasteiger partial charge in [0, 0.05) is 63.1 Å². The maximum absolute atomic E-state index is 13.1.